The third-order valence-electron chi connectivity index (χ3n) is 3.04. The van der Waals surface area contributed by atoms with E-state index in [1.165, 1.54) is 11.3 Å². The van der Waals surface area contributed by atoms with Crippen LogP contribution in [-0.4, -0.2) is 18.1 Å². The predicted octanol–water partition coefficient (Wildman–Crippen LogP) is 3.35. The van der Waals surface area contributed by atoms with Crippen LogP contribution >= 0.6 is 11.3 Å². The summed E-state index contributed by atoms with van der Waals surface area (Å²) in [5, 5.41) is 3.57. The summed E-state index contributed by atoms with van der Waals surface area (Å²) in [4.78, 5) is 5.55. The zero-order valence-corrected chi connectivity index (χ0v) is 11.7. The van der Waals surface area contributed by atoms with E-state index in [0.29, 0.717) is 5.41 Å². The molecule has 1 N–H and O–H groups in total. The highest BCUT2D eigenvalue weighted by atomic mass is 32.1. The van der Waals surface area contributed by atoms with Gasteiger partial charge in [0.2, 0.25) is 0 Å². The molecule has 16 heavy (non-hydrogen) atoms. The number of thiazole rings is 1. The molecule has 1 rings (SSSR count). The number of nitrogens with zero attached hydrogens (tertiary/aromatic N) is 1. The molecule has 92 valence electrons. The number of aromatic nitrogens is 1. The topological polar surface area (TPSA) is 24.9 Å². The Bertz CT molecular complexity index is 282. The molecular weight excluding hydrogens is 216 g/mol. The van der Waals surface area contributed by atoms with Gasteiger partial charge in [0, 0.05) is 17.6 Å². The van der Waals surface area contributed by atoms with Crippen molar-refractivity contribution >= 4 is 11.3 Å². The van der Waals surface area contributed by atoms with E-state index in [2.05, 4.69) is 38.0 Å². The van der Waals surface area contributed by atoms with Crippen LogP contribution in [0.5, 0.6) is 0 Å². The first-order valence-electron chi connectivity index (χ1n) is 6.14. The second-order valence-electron chi connectivity index (χ2n) is 5.33. The van der Waals surface area contributed by atoms with Gasteiger partial charge in [0.1, 0.15) is 0 Å². The molecule has 1 aromatic heterocycles. The molecule has 0 aliphatic heterocycles. The molecule has 0 aliphatic carbocycles. The highest BCUT2D eigenvalue weighted by molar-refractivity contribution is 7.09. The molecule has 1 heterocycles. The molecule has 0 amide bonds. The average molecular weight is 240 g/mol. The first-order valence-corrected chi connectivity index (χ1v) is 7.02. The van der Waals surface area contributed by atoms with Crippen molar-refractivity contribution in [3.63, 3.8) is 0 Å². The average Bonchev–Trinajstić information content (AvgIpc) is 2.69. The maximum absolute atomic E-state index is 4.15. The summed E-state index contributed by atoms with van der Waals surface area (Å²) < 4.78 is 0. The molecule has 1 atom stereocenters. The van der Waals surface area contributed by atoms with E-state index < -0.39 is 0 Å². The van der Waals surface area contributed by atoms with Crippen LogP contribution in [0.4, 0.5) is 0 Å². The molecule has 1 aromatic rings. The minimum atomic E-state index is 0.363. The van der Waals surface area contributed by atoms with Gasteiger partial charge in [-0.3, -0.25) is 4.98 Å². The Morgan fingerprint density at radius 1 is 1.50 bits per heavy atom. The number of nitrogens with one attached hydrogen (secondary N) is 1. The molecule has 0 fully saturated rings. The normalized spacial score (nSPS) is 15.3. The summed E-state index contributed by atoms with van der Waals surface area (Å²) in [6, 6.07) is 0. The first-order chi connectivity index (χ1) is 7.56. The third kappa shape index (κ3) is 4.62. The van der Waals surface area contributed by atoms with Gasteiger partial charge in [-0.2, -0.15) is 0 Å². The maximum atomic E-state index is 4.15. The molecule has 0 aromatic carbocycles. The minimum Gasteiger partial charge on any atom is -0.316 e. The third-order valence-corrected chi connectivity index (χ3v) is 3.82. The Labute approximate surface area is 103 Å². The Morgan fingerprint density at radius 3 is 2.75 bits per heavy atom. The van der Waals surface area contributed by atoms with E-state index in [0.717, 1.165) is 25.4 Å². The van der Waals surface area contributed by atoms with Crippen molar-refractivity contribution in [2.75, 3.05) is 13.1 Å². The second kappa shape index (κ2) is 6.36. The van der Waals surface area contributed by atoms with E-state index in [-0.39, 0.29) is 0 Å². The molecule has 0 bridgehead atoms. The lowest BCUT2D eigenvalue weighted by molar-refractivity contribution is 0.287. The van der Waals surface area contributed by atoms with Crippen LogP contribution in [0, 0.1) is 11.3 Å². The van der Waals surface area contributed by atoms with Gasteiger partial charge >= 0.3 is 0 Å². The van der Waals surface area contributed by atoms with Crippen LogP contribution in [0.3, 0.4) is 0 Å². The van der Waals surface area contributed by atoms with Crippen LogP contribution in [0.15, 0.2) is 11.7 Å². The zero-order valence-electron chi connectivity index (χ0n) is 10.9. The lowest BCUT2D eigenvalue weighted by Crippen LogP contribution is -2.34. The van der Waals surface area contributed by atoms with Gasteiger partial charge < -0.3 is 5.32 Å². The predicted molar refractivity (Wildman–Crippen MR) is 71.9 cm³/mol. The van der Waals surface area contributed by atoms with Crippen LogP contribution in [-0.2, 0) is 6.42 Å². The number of hydrogen-bond donors (Lipinski definition) is 1. The molecule has 0 saturated carbocycles. The summed E-state index contributed by atoms with van der Waals surface area (Å²) >= 11 is 1.77. The van der Waals surface area contributed by atoms with E-state index >= 15 is 0 Å². The summed E-state index contributed by atoms with van der Waals surface area (Å²) in [7, 11) is 0. The summed E-state index contributed by atoms with van der Waals surface area (Å²) in [6.45, 7) is 11.3. The van der Waals surface area contributed by atoms with Gasteiger partial charge in [-0.15, -0.1) is 11.3 Å². The molecule has 0 spiro atoms. The SMILES string of the molecule is CCC(C)(CNCC(C)C)Cc1cncs1. The molecule has 0 radical (unpaired) electrons. The smallest absolute Gasteiger partial charge is 0.0794 e. The molecule has 1 unspecified atom stereocenters. The van der Waals surface area contributed by atoms with Gasteiger partial charge in [-0.25, -0.2) is 0 Å². The summed E-state index contributed by atoms with van der Waals surface area (Å²) in [5.41, 5.74) is 2.29. The van der Waals surface area contributed by atoms with E-state index in [1.807, 2.05) is 11.7 Å². The highest BCUT2D eigenvalue weighted by Gasteiger charge is 2.22. The summed E-state index contributed by atoms with van der Waals surface area (Å²) in [6.07, 6.45) is 4.34. The first kappa shape index (κ1) is 13.7. The molecule has 0 saturated heterocycles. The quantitative estimate of drug-likeness (QED) is 0.790. The van der Waals surface area contributed by atoms with Gasteiger partial charge in [0.05, 0.1) is 5.51 Å². The maximum Gasteiger partial charge on any atom is 0.0794 e. The van der Waals surface area contributed by atoms with Gasteiger partial charge in [-0.1, -0.05) is 27.7 Å². The number of hydrogen-bond acceptors (Lipinski definition) is 3. The van der Waals surface area contributed by atoms with E-state index in [4.69, 9.17) is 0 Å². The fraction of sp³-hybridized carbons (Fsp3) is 0.769. The van der Waals surface area contributed by atoms with Crippen molar-refractivity contribution in [3.05, 3.63) is 16.6 Å². The van der Waals surface area contributed by atoms with Crippen molar-refractivity contribution in [1.29, 1.82) is 0 Å². The minimum absolute atomic E-state index is 0.363. The van der Waals surface area contributed by atoms with Crippen molar-refractivity contribution in [2.24, 2.45) is 11.3 Å². The van der Waals surface area contributed by atoms with Crippen LogP contribution < -0.4 is 5.32 Å². The standard InChI is InChI=1S/C13H24N2S/c1-5-13(4,9-14-7-11(2)3)6-12-8-15-10-16-12/h8,10-11,14H,5-7,9H2,1-4H3. The summed E-state index contributed by atoms with van der Waals surface area (Å²) in [5.74, 6) is 0.726. The van der Waals surface area contributed by atoms with Gasteiger partial charge in [0.25, 0.3) is 0 Å². The van der Waals surface area contributed by atoms with Crippen LogP contribution in [0.2, 0.25) is 0 Å². The largest absolute Gasteiger partial charge is 0.316 e. The van der Waals surface area contributed by atoms with Crippen molar-refractivity contribution in [1.82, 2.24) is 10.3 Å². The fourth-order valence-corrected chi connectivity index (χ4v) is 2.54. The molecule has 0 aliphatic rings. The lowest BCUT2D eigenvalue weighted by Gasteiger charge is -2.28. The fourth-order valence-electron chi connectivity index (χ4n) is 1.73. The number of rotatable bonds is 7. The Hall–Kier alpha value is -0.410. The van der Waals surface area contributed by atoms with Gasteiger partial charge in [0.15, 0.2) is 0 Å². The Morgan fingerprint density at radius 2 is 2.25 bits per heavy atom. The molecular formula is C13H24N2S. The Balaban J connectivity index is 2.43. The van der Waals surface area contributed by atoms with Crippen molar-refractivity contribution in [3.8, 4) is 0 Å². The van der Waals surface area contributed by atoms with E-state index in [1.54, 1.807) is 11.3 Å². The molecule has 2 nitrogen and oxygen atoms in total. The lowest BCUT2D eigenvalue weighted by atomic mass is 9.83. The van der Waals surface area contributed by atoms with Crippen molar-refractivity contribution < 1.29 is 0 Å². The second-order valence-corrected chi connectivity index (χ2v) is 6.30. The van der Waals surface area contributed by atoms with Crippen LogP contribution in [0.25, 0.3) is 0 Å². The highest BCUT2D eigenvalue weighted by Crippen LogP contribution is 2.27. The van der Waals surface area contributed by atoms with E-state index in [9.17, 15) is 0 Å². The Kier molecular flexibility index (Phi) is 5.42. The zero-order chi connectivity index (χ0) is 12.0. The van der Waals surface area contributed by atoms with Gasteiger partial charge in [-0.05, 0) is 30.7 Å². The van der Waals surface area contributed by atoms with Crippen molar-refractivity contribution in [2.45, 2.75) is 40.5 Å². The molecule has 3 heteroatoms. The van der Waals surface area contributed by atoms with Crippen LogP contribution in [0.1, 0.15) is 39.0 Å². The monoisotopic (exact) mass is 240 g/mol.